The van der Waals surface area contributed by atoms with E-state index in [1.165, 1.54) is 43.5 Å². The number of fused-ring (bicyclic) bond motifs is 2. The molecule has 0 saturated carbocycles. The molecule has 8 rings (SSSR count). The second kappa shape index (κ2) is 19.0. The maximum Gasteiger partial charge on any atom is 1.00 e. The van der Waals surface area contributed by atoms with Crippen LogP contribution in [0.1, 0.15) is 55.8 Å². The average Bonchev–Trinajstić information content (AvgIpc) is 3.99. The van der Waals surface area contributed by atoms with Gasteiger partial charge in [-0.3, -0.25) is 0 Å². The molecule has 0 bridgehead atoms. The molecule has 14 nitrogen and oxygen atoms in total. The van der Waals surface area contributed by atoms with E-state index in [-0.39, 0.29) is 127 Å². The van der Waals surface area contributed by atoms with Crippen molar-refractivity contribution in [3.63, 3.8) is 0 Å². The van der Waals surface area contributed by atoms with E-state index in [9.17, 15) is 41.0 Å². The van der Waals surface area contributed by atoms with Gasteiger partial charge < -0.3 is 30.5 Å². The number of aromatic nitrogens is 4. The summed E-state index contributed by atoms with van der Waals surface area (Å²) in [4.78, 5) is 33.2. The number of alkyl halides is 6. The Balaban J connectivity index is 0.000000260. The van der Waals surface area contributed by atoms with Crippen molar-refractivity contribution in [3.8, 4) is 0 Å². The summed E-state index contributed by atoms with van der Waals surface area (Å²) < 4.78 is 106. The van der Waals surface area contributed by atoms with Crippen molar-refractivity contribution in [1.29, 1.82) is 0 Å². The van der Waals surface area contributed by atoms with Crippen LogP contribution in [0.25, 0.3) is 22.1 Å². The molecule has 322 valence electrons. The maximum atomic E-state index is 14.2. The number of carbonyl (C=O) groups excluding carboxylic acids is 1. The molecule has 62 heavy (non-hydrogen) atoms. The Hall–Kier alpha value is -3.94. The molecule has 6 aromatic rings. The van der Waals surface area contributed by atoms with E-state index in [2.05, 4.69) is 27.8 Å². The predicted molar refractivity (Wildman–Crippen MR) is 212 cm³/mol. The topological polar surface area (TPSA) is 220 Å². The summed E-state index contributed by atoms with van der Waals surface area (Å²) >= 11 is 25.2. The van der Waals surface area contributed by atoms with Gasteiger partial charge in [0.2, 0.25) is 0 Å². The van der Waals surface area contributed by atoms with Crippen LogP contribution >= 0.6 is 69.9 Å². The van der Waals surface area contributed by atoms with E-state index in [0.717, 1.165) is 47.7 Å². The number of oxime groups is 2. The number of carbonyl (C=O) groups is 2. The Labute approximate surface area is 393 Å². The number of carboxylic acids is 1. The fraction of sp³-hybridized carbons (Fsp3) is 0.200. The van der Waals surface area contributed by atoms with Gasteiger partial charge in [0.15, 0.2) is 0 Å². The fourth-order valence-electron chi connectivity index (χ4n) is 6.32. The molecular formula is C35H21Cl4F6N6NaO8S2. The molecule has 2 aliphatic rings. The zero-order valence-electron chi connectivity index (χ0n) is 30.9. The first kappa shape index (κ1) is 50.7. The van der Waals surface area contributed by atoms with Crippen LogP contribution in [0.4, 0.5) is 26.3 Å². The molecule has 2 unspecified atom stereocenters. The van der Waals surface area contributed by atoms with E-state index in [0.29, 0.717) is 0 Å². The van der Waals surface area contributed by atoms with Gasteiger partial charge in [0.1, 0.15) is 22.1 Å². The number of ether oxygens (including phenoxy) is 1. The van der Waals surface area contributed by atoms with E-state index < -0.39 is 48.3 Å². The van der Waals surface area contributed by atoms with Gasteiger partial charge in [0, 0.05) is 42.3 Å². The Morgan fingerprint density at radius 1 is 0.661 bits per heavy atom. The number of hydrogen-bond donors (Lipinski definition) is 1. The molecule has 0 amide bonds. The maximum absolute atomic E-state index is 14.2. The Morgan fingerprint density at radius 2 is 1.02 bits per heavy atom. The minimum absolute atomic E-state index is 0. The zero-order chi connectivity index (χ0) is 42.7. The van der Waals surface area contributed by atoms with Crippen molar-refractivity contribution in [2.24, 2.45) is 10.3 Å². The minimum atomic E-state index is -4.84. The first-order valence-corrected chi connectivity index (χ1v) is 19.2. The number of methoxy groups -OCH3 is 1. The first-order valence-electron chi connectivity index (χ1n) is 16.2. The van der Waals surface area contributed by atoms with E-state index in [1.807, 2.05) is 0 Å². The Kier molecular flexibility index (Phi) is 15.6. The van der Waals surface area contributed by atoms with Gasteiger partial charge in [-0.2, -0.15) is 43.8 Å². The summed E-state index contributed by atoms with van der Waals surface area (Å²) in [6.07, 6.45) is -11.0. The fourth-order valence-corrected chi connectivity index (χ4v) is 8.52. The summed E-state index contributed by atoms with van der Waals surface area (Å²) in [5.74, 6) is -1.86. The van der Waals surface area contributed by atoms with Crippen molar-refractivity contribution in [2.75, 3.05) is 7.11 Å². The van der Waals surface area contributed by atoms with Crippen molar-refractivity contribution in [1.82, 2.24) is 17.5 Å². The smallest absolute Gasteiger partial charge is 0.870 e. The third-order valence-electron chi connectivity index (χ3n) is 9.12. The van der Waals surface area contributed by atoms with Crippen LogP contribution in [0.15, 0.2) is 71.0 Å². The van der Waals surface area contributed by atoms with Crippen molar-refractivity contribution in [2.45, 2.75) is 36.4 Å². The molecule has 0 spiro atoms. The number of halogens is 10. The van der Waals surface area contributed by atoms with E-state index >= 15 is 0 Å². The van der Waals surface area contributed by atoms with Crippen molar-refractivity contribution in [3.05, 3.63) is 114 Å². The van der Waals surface area contributed by atoms with Gasteiger partial charge in [-0.15, -0.1) is 0 Å². The molecule has 0 aliphatic carbocycles. The van der Waals surface area contributed by atoms with Crippen LogP contribution in [0.2, 0.25) is 20.1 Å². The van der Waals surface area contributed by atoms with Gasteiger partial charge in [-0.25, -0.2) is 9.59 Å². The molecule has 2 aliphatic heterocycles. The van der Waals surface area contributed by atoms with E-state index in [4.69, 9.17) is 60.8 Å². The normalized spacial score (nSPS) is 18.2. The number of carboxylic acid groups (broad SMARTS) is 1. The summed E-state index contributed by atoms with van der Waals surface area (Å²) in [5.41, 5.74) is -5.03. The first-order chi connectivity index (χ1) is 27.8. The van der Waals surface area contributed by atoms with Crippen LogP contribution < -0.4 is 29.6 Å². The average molecular weight is 997 g/mol. The number of benzene rings is 4. The number of nitrogens with zero attached hydrogens (tertiary/aromatic N) is 6. The number of hydrogen-bond acceptors (Lipinski definition) is 14. The largest absolute Gasteiger partial charge is 1.00 e. The molecule has 27 heteroatoms. The molecule has 4 heterocycles. The second-order valence-electron chi connectivity index (χ2n) is 12.6. The van der Waals surface area contributed by atoms with Gasteiger partial charge in [0.25, 0.3) is 11.2 Å². The number of aromatic carboxylic acids is 1. The summed E-state index contributed by atoms with van der Waals surface area (Å²) in [6.45, 7) is 0. The minimum Gasteiger partial charge on any atom is -0.870 e. The number of esters is 1. The molecule has 4 N–H and O–H groups in total. The SMILES string of the molecule is COC(=O)c1ccc(C2=NOC(c3cc(Cl)cc(Cl)c3)(C(F)(F)F)C2)c2nsnc12.O.O=C(O)c1ccc(C2=NOC(c3cc(Cl)cc(Cl)c3)(C(F)(F)F)C2)c2nsnc12.[Na+].[OH-]. The molecule has 0 fully saturated rings. The molecule has 2 atom stereocenters. The summed E-state index contributed by atoms with van der Waals surface area (Å²) in [6, 6.07) is 12.6. The third-order valence-corrected chi connectivity index (χ3v) is 11.0. The molecule has 0 radical (unpaired) electrons. The van der Waals surface area contributed by atoms with Gasteiger partial charge in [-0.1, -0.05) is 56.7 Å². The predicted octanol–water partition coefficient (Wildman–Crippen LogP) is 6.65. The number of rotatable bonds is 6. The Bertz CT molecular complexity index is 2720. The summed E-state index contributed by atoms with van der Waals surface area (Å²) in [5, 5.41) is 16.7. The van der Waals surface area contributed by atoms with Crippen LogP contribution in [-0.2, 0) is 25.6 Å². The van der Waals surface area contributed by atoms with Crippen LogP contribution in [0.5, 0.6) is 0 Å². The molecule has 2 aromatic heterocycles. The van der Waals surface area contributed by atoms with Crippen molar-refractivity contribution < 1.29 is 96.0 Å². The van der Waals surface area contributed by atoms with Gasteiger partial charge in [0.05, 0.1) is 66.0 Å². The van der Waals surface area contributed by atoms with Crippen LogP contribution in [-0.4, -0.2) is 76.4 Å². The molecule has 4 aromatic carbocycles. The second-order valence-corrected chi connectivity index (χ2v) is 15.4. The van der Waals surface area contributed by atoms with E-state index in [1.54, 1.807) is 0 Å². The monoisotopic (exact) mass is 994 g/mol. The molecular weight excluding hydrogens is 975 g/mol. The summed E-state index contributed by atoms with van der Waals surface area (Å²) in [7, 11) is 1.21. The van der Waals surface area contributed by atoms with Crippen LogP contribution in [0.3, 0.4) is 0 Å². The van der Waals surface area contributed by atoms with Crippen LogP contribution in [0, 0.1) is 0 Å². The quantitative estimate of drug-likeness (QED) is 0.106. The van der Waals surface area contributed by atoms with Gasteiger partial charge in [-0.05, 0) is 60.7 Å². The standard InChI is InChI=1S/C18H10Cl2F3N3O3S.C17H8Cl2F3N3O3S.Na.2H2O/c1-28-16(27)12-3-2-11(14-15(12)26-30-25-14)13-7-17(29-24-13,18(21,22)23)8-4-9(19)6-10(20)5-8;18-8-3-7(4-9(19)5-8)16(17(20,21)22)6-12(23-28-16)10-1-2-11(15(26)27)14-13(10)24-29-25-14;;;/h2-6H,7H2,1H3;1-5H,6H2,(H,26,27);;2*1H2/q;;+1;;/p-1. The third kappa shape index (κ3) is 9.18. The van der Waals surface area contributed by atoms with Crippen molar-refractivity contribution >= 4 is 115 Å². The molecule has 0 saturated heterocycles. The zero-order valence-corrected chi connectivity index (χ0v) is 37.6. The Morgan fingerprint density at radius 3 is 1.37 bits per heavy atom. The van der Waals surface area contributed by atoms with Gasteiger partial charge >= 0.3 is 53.8 Å².